The minimum atomic E-state index is -4.48. The molecular formula is C30H52NO11P. The van der Waals surface area contributed by atoms with Crippen molar-refractivity contribution in [3.05, 3.63) is 24.3 Å². The number of ether oxygens (including phenoxy) is 2. The zero-order valence-corrected chi connectivity index (χ0v) is 26.5. The molecule has 0 aliphatic carbocycles. The average Bonchev–Trinajstić information content (AvgIpc) is 2.97. The van der Waals surface area contributed by atoms with E-state index in [1.807, 2.05) is 0 Å². The van der Waals surface area contributed by atoms with Crippen LogP contribution >= 0.6 is 7.82 Å². The normalized spacial score (nSPS) is 13.7. The van der Waals surface area contributed by atoms with Gasteiger partial charge in [-0.25, -0.2) is 9.36 Å². The maximum absolute atomic E-state index is 12.2. The molecule has 13 heteroatoms. The van der Waals surface area contributed by atoms with E-state index in [1.165, 1.54) is 38.5 Å². The standard InChI is InChI=1S/C30H52NO11P/c1-2-3-4-5-6-7-8-9-10-11-12-13-14-15-16-17-29(35)39-24-27(25-41-43(37,38)40-23-22-31)42-30(36)21-19-26(32)18-20-28(33)34/h9-10,18,20,27H,2-8,11-17,19,21-25,31H2,1H3,(H,33,34)(H,37,38)/b10-9-,20-18+/t27-/m1/s1. The second-order valence-electron chi connectivity index (χ2n) is 10.2. The fraction of sp³-hybridized carbons (Fsp3) is 0.733. The SMILES string of the molecule is CCCCCCCC/C=C\CCCCCCCC(=O)OC[C@H](COP(=O)(O)OCCN)OC(=O)CCC(=O)/C=C/C(=O)O. The molecule has 0 aliphatic heterocycles. The fourth-order valence-electron chi connectivity index (χ4n) is 3.81. The Labute approximate surface area is 256 Å². The summed E-state index contributed by atoms with van der Waals surface area (Å²) in [5.74, 6) is -3.29. The molecule has 2 atom stereocenters. The number of carboxylic acid groups (broad SMARTS) is 1. The number of esters is 2. The number of nitrogens with two attached hydrogens (primary N) is 1. The molecule has 0 amide bonds. The maximum atomic E-state index is 12.2. The summed E-state index contributed by atoms with van der Waals surface area (Å²) in [4.78, 5) is 56.2. The van der Waals surface area contributed by atoms with Gasteiger partial charge < -0.3 is 25.2 Å². The van der Waals surface area contributed by atoms with Gasteiger partial charge in [0.25, 0.3) is 0 Å². The minimum absolute atomic E-state index is 0.0232. The number of phosphoric ester groups is 1. The van der Waals surface area contributed by atoms with Crippen LogP contribution in [0.3, 0.4) is 0 Å². The lowest BCUT2D eigenvalue weighted by Gasteiger charge is -2.19. The lowest BCUT2D eigenvalue weighted by molar-refractivity contribution is -0.161. The summed E-state index contributed by atoms with van der Waals surface area (Å²) in [6.07, 6.45) is 19.0. The van der Waals surface area contributed by atoms with E-state index >= 15 is 0 Å². The van der Waals surface area contributed by atoms with E-state index in [2.05, 4.69) is 23.6 Å². The molecule has 0 aromatic carbocycles. The first-order valence-corrected chi connectivity index (χ1v) is 16.8. The van der Waals surface area contributed by atoms with Crippen LogP contribution in [0.1, 0.15) is 110 Å². The molecule has 4 N–H and O–H groups in total. The van der Waals surface area contributed by atoms with Gasteiger partial charge in [0.15, 0.2) is 11.9 Å². The second-order valence-corrected chi connectivity index (χ2v) is 11.6. The molecule has 0 heterocycles. The molecule has 0 fully saturated rings. The van der Waals surface area contributed by atoms with Gasteiger partial charge in [-0.2, -0.15) is 0 Å². The summed E-state index contributed by atoms with van der Waals surface area (Å²) >= 11 is 0. The minimum Gasteiger partial charge on any atom is -0.478 e. The summed E-state index contributed by atoms with van der Waals surface area (Å²) in [6.45, 7) is 0.917. The summed E-state index contributed by atoms with van der Waals surface area (Å²) in [6, 6.07) is 0. The maximum Gasteiger partial charge on any atom is 0.472 e. The van der Waals surface area contributed by atoms with Crippen molar-refractivity contribution in [3.8, 4) is 0 Å². The number of carboxylic acids is 1. The lowest BCUT2D eigenvalue weighted by Crippen LogP contribution is -2.29. The number of ketones is 1. The van der Waals surface area contributed by atoms with Crippen molar-refractivity contribution in [3.63, 3.8) is 0 Å². The number of hydrogen-bond donors (Lipinski definition) is 3. The lowest BCUT2D eigenvalue weighted by atomic mass is 10.1. The van der Waals surface area contributed by atoms with Crippen LogP contribution in [-0.2, 0) is 42.3 Å². The summed E-state index contributed by atoms with van der Waals surface area (Å²) in [5.41, 5.74) is 5.24. The number of aliphatic carboxylic acids is 1. The Hall–Kier alpha value is -2.37. The van der Waals surface area contributed by atoms with Gasteiger partial charge >= 0.3 is 25.7 Å². The molecule has 0 saturated carbocycles. The Morgan fingerprint density at radius 2 is 1.37 bits per heavy atom. The molecule has 43 heavy (non-hydrogen) atoms. The third-order valence-corrected chi connectivity index (χ3v) is 7.14. The van der Waals surface area contributed by atoms with Gasteiger partial charge in [0.2, 0.25) is 0 Å². The van der Waals surface area contributed by atoms with Gasteiger partial charge in [-0.05, 0) is 38.2 Å². The van der Waals surface area contributed by atoms with Crippen LogP contribution < -0.4 is 5.73 Å². The number of unbranched alkanes of at least 4 members (excludes halogenated alkanes) is 11. The molecule has 1 unspecified atom stereocenters. The van der Waals surface area contributed by atoms with Crippen LogP contribution in [0.25, 0.3) is 0 Å². The number of hydrogen-bond acceptors (Lipinski definition) is 10. The van der Waals surface area contributed by atoms with E-state index in [-0.39, 0.29) is 32.4 Å². The van der Waals surface area contributed by atoms with Crippen LogP contribution in [0.5, 0.6) is 0 Å². The monoisotopic (exact) mass is 633 g/mol. The quantitative estimate of drug-likeness (QED) is 0.0306. The molecule has 0 aromatic rings. The Morgan fingerprint density at radius 1 is 0.767 bits per heavy atom. The molecular weight excluding hydrogens is 581 g/mol. The third-order valence-electron chi connectivity index (χ3n) is 6.15. The van der Waals surface area contributed by atoms with Crippen molar-refractivity contribution in [1.29, 1.82) is 0 Å². The van der Waals surface area contributed by atoms with E-state index < -0.39 is 50.8 Å². The van der Waals surface area contributed by atoms with Crippen LogP contribution in [-0.4, -0.2) is 66.2 Å². The zero-order valence-electron chi connectivity index (χ0n) is 25.6. The fourth-order valence-corrected chi connectivity index (χ4v) is 4.58. The Kier molecular flexibility index (Phi) is 25.7. The molecule has 0 rings (SSSR count). The van der Waals surface area contributed by atoms with Crippen molar-refractivity contribution in [2.45, 2.75) is 116 Å². The van der Waals surface area contributed by atoms with Crippen LogP contribution in [0, 0.1) is 0 Å². The first-order chi connectivity index (χ1) is 20.6. The summed E-state index contributed by atoms with van der Waals surface area (Å²) in [5, 5.41) is 8.56. The highest BCUT2D eigenvalue weighted by Crippen LogP contribution is 2.43. The number of allylic oxidation sites excluding steroid dienone is 3. The Morgan fingerprint density at radius 3 is 1.98 bits per heavy atom. The van der Waals surface area contributed by atoms with Gasteiger partial charge in [0.1, 0.15) is 6.61 Å². The molecule has 0 spiro atoms. The van der Waals surface area contributed by atoms with Gasteiger partial charge in [-0.15, -0.1) is 0 Å². The highest BCUT2D eigenvalue weighted by molar-refractivity contribution is 7.47. The number of phosphoric acid groups is 1. The van der Waals surface area contributed by atoms with Crippen LogP contribution in [0.15, 0.2) is 24.3 Å². The van der Waals surface area contributed by atoms with E-state index in [0.717, 1.165) is 44.6 Å². The van der Waals surface area contributed by atoms with Crippen molar-refractivity contribution in [1.82, 2.24) is 0 Å². The highest BCUT2D eigenvalue weighted by atomic mass is 31.2. The molecule has 0 saturated heterocycles. The first-order valence-electron chi connectivity index (χ1n) is 15.4. The topological polar surface area (TPSA) is 189 Å². The Bertz CT molecular complexity index is 891. The third kappa shape index (κ3) is 28.2. The number of carbonyl (C=O) groups excluding carboxylic acids is 3. The average molecular weight is 634 g/mol. The first kappa shape index (κ1) is 40.6. The van der Waals surface area contributed by atoms with Crippen molar-refractivity contribution in [2.75, 3.05) is 26.4 Å². The molecule has 0 aromatic heterocycles. The van der Waals surface area contributed by atoms with Crippen molar-refractivity contribution >= 4 is 31.5 Å². The second kappa shape index (κ2) is 27.2. The summed E-state index contributed by atoms with van der Waals surface area (Å²) in [7, 11) is -4.48. The van der Waals surface area contributed by atoms with Gasteiger partial charge in [-0.3, -0.25) is 23.4 Å². The summed E-state index contributed by atoms with van der Waals surface area (Å²) < 4.78 is 31.7. The van der Waals surface area contributed by atoms with Crippen LogP contribution in [0.2, 0.25) is 0 Å². The largest absolute Gasteiger partial charge is 0.478 e. The molecule has 0 radical (unpaired) electrons. The molecule has 248 valence electrons. The van der Waals surface area contributed by atoms with E-state index in [9.17, 15) is 28.6 Å². The van der Waals surface area contributed by atoms with E-state index in [1.54, 1.807) is 0 Å². The van der Waals surface area contributed by atoms with Gasteiger partial charge in [-0.1, -0.05) is 70.4 Å². The van der Waals surface area contributed by atoms with E-state index in [4.69, 9.17) is 24.8 Å². The predicted octanol–water partition coefficient (Wildman–Crippen LogP) is 5.56. The number of rotatable bonds is 29. The molecule has 12 nitrogen and oxygen atoms in total. The van der Waals surface area contributed by atoms with Crippen LogP contribution in [0.4, 0.5) is 0 Å². The van der Waals surface area contributed by atoms with E-state index in [0.29, 0.717) is 12.5 Å². The predicted molar refractivity (Wildman–Crippen MR) is 162 cm³/mol. The highest BCUT2D eigenvalue weighted by Gasteiger charge is 2.26. The van der Waals surface area contributed by atoms with Gasteiger partial charge in [0.05, 0.1) is 19.6 Å². The zero-order chi connectivity index (χ0) is 32.2. The molecule has 0 bridgehead atoms. The van der Waals surface area contributed by atoms with Gasteiger partial charge in [0, 0.05) is 25.5 Å². The van der Waals surface area contributed by atoms with Crippen molar-refractivity contribution < 1.29 is 52.3 Å². The number of carbonyl (C=O) groups is 4. The Balaban J connectivity index is 4.34. The molecule has 0 aliphatic rings. The smallest absolute Gasteiger partial charge is 0.472 e. The van der Waals surface area contributed by atoms with Crippen molar-refractivity contribution in [2.24, 2.45) is 5.73 Å².